The first-order valence-corrected chi connectivity index (χ1v) is 4.88. The van der Waals surface area contributed by atoms with E-state index in [4.69, 9.17) is 5.11 Å². The summed E-state index contributed by atoms with van der Waals surface area (Å²) in [6, 6.07) is 3.16. The summed E-state index contributed by atoms with van der Waals surface area (Å²) in [6.45, 7) is 5.38. The molecule has 1 aromatic rings. The second kappa shape index (κ2) is 4.29. The molecule has 0 saturated carbocycles. The van der Waals surface area contributed by atoms with Crippen LogP contribution < -0.4 is 5.56 Å². The number of hydrogen-bond acceptors (Lipinski definition) is 2. The molecule has 0 radical (unpaired) electrons. The predicted octanol–water partition coefficient (Wildman–Crippen LogP) is 1.62. The minimum Gasteiger partial charge on any atom is -0.481 e. The number of aliphatic carboxylic acids is 1. The Bertz CT molecular complexity index is 420. The lowest BCUT2D eigenvalue weighted by atomic mass is 10.0. The summed E-state index contributed by atoms with van der Waals surface area (Å²) >= 11 is 0. The molecule has 4 heteroatoms. The van der Waals surface area contributed by atoms with Crippen molar-refractivity contribution in [3.05, 3.63) is 34.2 Å². The van der Waals surface area contributed by atoms with Crippen LogP contribution in [-0.4, -0.2) is 15.6 Å². The van der Waals surface area contributed by atoms with Crippen LogP contribution in [0.4, 0.5) is 0 Å². The maximum absolute atomic E-state index is 11.6. The van der Waals surface area contributed by atoms with E-state index in [1.165, 1.54) is 6.07 Å². The normalized spacial score (nSPS) is 12.8. The molecule has 82 valence electrons. The molecule has 0 aromatic carbocycles. The number of hydrogen-bond donors (Lipinski definition) is 1. The molecule has 0 aliphatic rings. The van der Waals surface area contributed by atoms with Crippen molar-refractivity contribution in [3.8, 4) is 0 Å². The molecular formula is C11H15NO3. The zero-order valence-electron chi connectivity index (χ0n) is 9.10. The predicted molar refractivity (Wildman–Crippen MR) is 57.1 cm³/mol. The van der Waals surface area contributed by atoms with Gasteiger partial charge in [-0.25, -0.2) is 0 Å². The number of rotatable bonds is 3. The quantitative estimate of drug-likeness (QED) is 0.822. The van der Waals surface area contributed by atoms with Gasteiger partial charge >= 0.3 is 5.97 Å². The van der Waals surface area contributed by atoms with Gasteiger partial charge in [-0.2, -0.15) is 0 Å². The highest BCUT2D eigenvalue weighted by Crippen LogP contribution is 2.13. The zero-order chi connectivity index (χ0) is 11.6. The van der Waals surface area contributed by atoms with Crippen molar-refractivity contribution in [1.29, 1.82) is 0 Å². The molecule has 4 nitrogen and oxygen atoms in total. The molecule has 1 N–H and O–H groups in total. The van der Waals surface area contributed by atoms with Crippen LogP contribution in [0.2, 0.25) is 0 Å². The maximum Gasteiger partial charge on any atom is 0.310 e. The molecule has 15 heavy (non-hydrogen) atoms. The summed E-state index contributed by atoms with van der Waals surface area (Å²) in [7, 11) is 0. The number of nitrogens with zero attached hydrogens (tertiary/aromatic N) is 1. The molecule has 0 amide bonds. The van der Waals surface area contributed by atoms with Gasteiger partial charge in [-0.1, -0.05) is 0 Å². The molecule has 0 bridgehead atoms. The Balaban J connectivity index is 3.12. The standard InChI is InChI=1S/C11H15NO3/c1-7(2)12-5-4-9(6-10(12)13)8(3)11(14)15/h4-8H,1-3H3,(H,14,15). The number of aromatic nitrogens is 1. The summed E-state index contributed by atoms with van der Waals surface area (Å²) < 4.78 is 1.57. The molecule has 0 aliphatic carbocycles. The van der Waals surface area contributed by atoms with Crippen LogP contribution in [0.3, 0.4) is 0 Å². The summed E-state index contributed by atoms with van der Waals surface area (Å²) in [5.74, 6) is -1.56. The monoisotopic (exact) mass is 209 g/mol. The number of carboxylic acid groups (broad SMARTS) is 1. The molecule has 1 atom stereocenters. The molecule has 1 rings (SSSR count). The second-order valence-corrected chi connectivity index (χ2v) is 3.86. The van der Waals surface area contributed by atoms with Gasteiger partial charge < -0.3 is 9.67 Å². The lowest BCUT2D eigenvalue weighted by Gasteiger charge is -2.11. The van der Waals surface area contributed by atoms with E-state index in [1.807, 2.05) is 13.8 Å². The molecule has 0 fully saturated rings. The number of carboxylic acids is 1. The van der Waals surface area contributed by atoms with Crippen molar-refractivity contribution in [2.24, 2.45) is 0 Å². The number of carbonyl (C=O) groups is 1. The summed E-state index contributed by atoms with van der Waals surface area (Å²) in [6.07, 6.45) is 1.64. The van der Waals surface area contributed by atoms with Crippen molar-refractivity contribution in [3.63, 3.8) is 0 Å². The average molecular weight is 209 g/mol. The third kappa shape index (κ3) is 2.46. The van der Waals surface area contributed by atoms with E-state index in [-0.39, 0.29) is 11.6 Å². The fourth-order valence-corrected chi connectivity index (χ4v) is 1.34. The zero-order valence-corrected chi connectivity index (χ0v) is 9.10. The molecule has 0 aliphatic heterocycles. The van der Waals surface area contributed by atoms with Crippen LogP contribution >= 0.6 is 0 Å². The van der Waals surface area contributed by atoms with Gasteiger partial charge in [0.1, 0.15) is 0 Å². The Morgan fingerprint density at radius 1 is 1.40 bits per heavy atom. The maximum atomic E-state index is 11.6. The third-order valence-electron chi connectivity index (χ3n) is 2.40. The molecule has 0 spiro atoms. The fourth-order valence-electron chi connectivity index (χ4n) is 1.34. The first-order valence-electron chi connectivity index (χ1n) is 4.88. The minimum absolute atomic E-state index is 0.0895. The third-order valence-corrected chi connectivity index (χ3v) is 2.40. The van der Waals surface area contributed by atoms with Gasteiger partial charge in [0, 0.05) is 18.3 Å². The summed E-state index contributed by atoms with van der Waals surface area (Å²) in [5.41, 5.74) is 0.389. The van der Waals surface area contributed by atoms with Crippen molar-refractivity contribution >= 4 is 5.97 Å². The van der Waals surface area contributed by atoms with Gasteiger partial charge in [0.15, 0.2) is 0 Å². The molecule has 1 unspecified atom stereocenters. The molecule has 1 aromatic heterocycles. The van der Waals surface area contributed by atoms with Gasteiger partial charge in [-0.05, 0) is 32.4 Å². The van der Waals surface area contributed by atoms with Crippen LogP contribution in [0.5, 0.6) is 0 Å². The first kappa shape index (κ1) is 11.5. The SMILES string of the molecule is CC(C(=O)O)c1ccn(C(C)C)c(=O)c1. The largest absolute Gasteiger partial charge is 0.481 e. The summed E-state index contributed by atoms with van der Waals surface area (Å²) in [5, 5.41) is 8.80. The van der Waals surface area contributed by atoms with Crippen LogP contribution in [0.1, 0.15) is 38.3 Å². The lowest BCUT2D eigenvalue weighted by Crippen LogP contribution is -2.22. The fraction of sp³-hybridized carbons (Fsp3) is 0.455. The highest BCUT2D eigenvalue weighted by atomic mass is 16.4. The van der Waals surface area contributed by atoms with Gasteiger partial charge in [0.25, 0.3) is 5.56 Å². The van der Waals surface area contributed by atoms with Crippen LogP contribution in [0.15, 0.2) is 23.1 Å². The first-order chi connectivity index (χ1) is 6.93. The van der Waals surface area contributed by atoms with E-state index in [0.717, 1.165) is 0 Å². The van der Waals surface area contributed by atoms with Crippen LogP contribution in [0.25, 0.3) is 0 Å². The van der Waals surface area contributed by atoms with Crippen LogP contribution in [0, 0.1) is 0 Å². The van der Waals surface area contributed by atoms with E-state index >= 15 is 0 Å². The van der Waals surface area contributed by atoms with E-state index in [1.54, 1.807) is 23.8 Å². The lowest BCUT2D eigenvalue weighted by molar-refractivity contribution is -0.138. The topological polar surface area (TPSA) is 59.3 Å². The highest BCUT2D eigenvalue weighted by Gasteiger charge is 2.14. The molecular weight excluding hydrogens is 194 g/mol. The highest BCUT2D eigenvalue weighted by molar-refractivity contribution is 5.75. The van der Waals surface area contributed by atoms with E-state index in [0.29, 0.717) is 5.56 Å². The average Bonchev–Trinajstić information content (AvgIpc) is 2.15. The number of pyridine rings is 1. The Kier molecular flexibility index (Phi) is 3.29. The van der Waals surface area contributed by atoms with E-state index < -0.39 is 11.9 Å². The van der Waals surface area contributed by atoms with Gasteiger partial charge in [0.05, 0.1) is 5.92 Å². The summed E-state index contributed by atoms with van der Waals surface area (Å²) in [4.78, 5) is 22.3. The smallest absolute Gasteiger partial charge is 0.310 e. The molecule has 0 saturated heterocycles. The van der Waals surface area contributed by atoms with Gasteiger partial charge in [-0.3, -0.25) is 9.59 Å². The van der Waals surface area contributed by atoms with Crippen molar-refractivity contribution < 1.29 is 9.90 Å². The van der Waals surface area contributed by atoms with Gasteiger partial charge in [-0.15, -0.1) is 0 Å². The van der Waals surface area contributed by atoms with Crippen molar-refractivity contribution in [1.82, 2.24) is 4.57 Å². The van der Waals surface area contributed by atoms with Crippen molar-refractivity contribution in [2.45, 2.75) is 32.7 Å². The Hall–Kier alpha value is -1.58. The Labute approximate surface area is 88.2 Å². The minimum atomic E-state index is -0.920. The van der Waals surface area contributed by atoms with Crippen LogP contribution in [-0.2, 0) is 4.79 Å². The second-order valence-electron chi connectivity index (χ2n) is 3.86. The van der Waals surface area contributed by atoms with E-state index in [2.05, 4.69) is 0 Å². The Morgan fingerprint density at radius 3 is 2.40 bits per heavy atom. The Morgan fingerprint density at radius 2 is 2.00 bits per heavy atom. The van der Waals surface area contributed by atoms with Gasteiger partial charge in [0.2, 0.25) is 0 Å². The van der Waals surface area contributed by atoms with Crippen molar-refractivity contribution in [2.75, 3.05) is 0 Å². The van der Waals surface area contributed by atoms with E-state index in [9.17, 15) is 9.59 Å². The molecule has 1 heterocycles.